The largest absolute Gasteiger partial charge is 0.477 e. The number of hydrogen-bond acceptors (Lipinski definition) is 4. The highest BCUT2D eigenvalue weighted by atomic mass is 16.4. The van der Waals surface area contributed by atoms with Gasteiger partial charge >= 0.3 is 5.97 Å². The second-order valence-electron chi connectivity index (χ2n) is 5.05. The van der Waals surface area contributed by atoms with Crippen LogP contribution in [0, 0.1) is 0 Å². The number of nitrogens with one attached hydrogen (secondary N) is 1. The number of anilines is 1. The predicted octanol–water partition coefficient (Wildman–Crippen LogP) is 2.41. The quantitative estimate of drug-likeness (QED) is 0.758. The van der Waals surface area contributed by atoms with Gasteiger partial charge in [-0.1, -0.05) is 42.5 Å². The molecule has 0 fully saturated rings. The molecule has 0 spiro atoms. The molecule has 0 unspecified atom stereocenters. The molecule has 6 heteroatoms. The summed E-state index contributed by atoms with van der Waals surface area (Å²) in [5.41, 5.74) is 1.10. The van der Waals surface area contributed by atoms with Crippen molar-refractivity contribution in [3.63, 3.8) is 0 Å². The van der Waals surface area contributed by atoms with E-state index in [1.807, 2.05) is 42.5 Å². The van der Waals surface area contributed by atoms with Crippen molar-refractivity contribution in [1.82, 2.24) is 14.8 Å². The number of carboxylic acid groups (broad SMARTS) is 1. The van der Waals surface area contributed by atoms with Crippen LogP contribution in [0.3, 0.4) is 0 Å². The molecular formula is C16H12N4O2. The molecule has 0 amide bonds. The molecule has 0 radical (unpaired) electrons. The number of nitrogens with zero attached hydrogens (tertiary/aromatic N) is 3. The van der Waals surface area contributed by atoms with Crippen molar-refractivity contribution in [3.8, 4) is 0 Å². The Bertz CT molecular complexity index is 908. The Balaban J connectivity index is 1.96. The fraction of sp³-hybridized carbons (Fsp3) is 0.0625. The Morgan fingerprint density at radius 3 is 2.86 bits per heavy atom. The minimum absolute atomic E-state index is 0.110. The van der Waals surface area contributed by atoms with E-state index in [0.717, 1.165) is 16.3 Å². The topological polar surface area (TPSA) is 80.0 Å². The Morgan fingerprint density at radius 1 is 1.18 bits per heavy atom. The Labute approximate surface area is 125 Å². The summed E-state index contributed by atoms with van der Waals surface area (Å²) < 4.78 is 1.69. The third-order valence-electron chi connectivity index (χ3n) is 3.78. The third kappa shape index (κ3) is 1.85. The van der Waals surface area contributed by atoms with Gasteiger partial charge in [0.1, 0.15) is 18.1 Å². The molecule has 0 aliphatic carbocycles. The van der Waals surface area contributed by atoms with Crippen LogP contribution >= 0.6 is 0 Å². The number of carboxylic acids is 1. The molecule has 1 atom stereocenters. The number of rotatable bonds is 2. The molecule has 2 aromatic carbocycles. The highest BCUT2D eigenvalue weighted by molar-refractivity contribution is 5.91. The molecule has 1 aromatic heterocycles. The van der Waals surface area contributed by atoms with Crippen molar-refractivity contribution in [2.45, 2.75) is 6.04 Å². The average molecular weight is 292 g/mol. The maximum Gasteiger partial charge on any atom is 0.352 e. The minimum atomic E-state index is -1.01. The molecule has 0 saturated carbocycles. The van der Waals surface area contributed by atoms with Gasteiger partial charge in [0, 0.05) is 0 Å². The summed E-state index contributed by atoms with van der Waals surface area (Å²) in [6.07, 6.45) is 3.07. The zero-order valence-corrected chi connectivity index (χ0v) is 11.5. The summed E-state index contributed by atoms with van der Waals surface area (Å²) >= 11 is 0. The van der Waals surface area contributed by atoms with E-state index >= 15 is 0 Å². The van der Waals surface area contributed by atoms with Crippen LogP contribution in [0.1, 0.15) is 11.6 Å². The number of benzene rings is 2. The average Bonchev–Trinajstić information content (AvgIpc) is 3.02. The van der Waals surface area contributed by atoms with E-state index in [9.17, 15) is 9.90 Å². The van der Waals surface area contributed by atoms with Crippen LogP contribution in [0.4, 0.5) is 5.95 Å². The van der Waals surface area contributed by atoms with Crippen molar-refractivity contribution < 1.29 is 9.90 Å². The first kappa shape index (κ1) is 12.6. The van der Waals surface area contributed by atoms with Gasteiger partial charge in [0.05, 0.1) is 0 Å². The molecule has 0 bridgehead atoms. The van der Waals surface area contributed by atoms with Crippen molar-refractivity contribution >= 4 is 22.7 Å². The van der Waals surface area contributed by atoms with Gasteiger partial charge in [0.15, 0.2) is 0 Å². The van der Waals surface area contributed by atoms with Crippen LogP contribution in [0.5, 0.6) is 0 Å². The summed E-state index contributed by atoms with van der Waals surface area (Å²) in [5.74, 6) is -0.586. The number of aromatic nitrogens is 3. The zero-order valence-electron chi connectivity index (χ0n) is 11.5. The van der Waals surface area contributed by atoms with Gasteiger partial charge < -0.3 is 10.4 Å². The van der Waals surface area contributed by atoms with Gasteiger partial charge in [0.2, 0.25) is 5.95 Å². The molecule has 108 valence electrons. The number of aliphatic carboxylic acids is 1. The molecular weight excluding hydrogens is 280 g/mol. The standard InChI is InChI=1S/C16H12N4O2/c21-15(22)13-8-14(20-16(19-13)17-9-18-20)12-7-3-5-10-4-1-2-6-11(10)12/h1-9,14H,(H,21,22)(H,17,18,19)/t14-/m0/s1. The summed E-state index contributed by atoms with van der Waals surface area (Å²) in [5, 5.41) is 18.5. The van der Waals surface area contributed by atoms with Crippen molar-refractivity contribution in [2.24, 2.45) is 0 Å². The van der Waals surface area contributed by atoms with Crippen LogP contribution in [0.2, 0.25) is 0 Å². The third-order valence-corrected chi connectivity index (χ3v) is 3.78. The van der Waals surface area contributed by atoms with E-state index in [0.29, 0.717) is 5.95 Å². The maximum absolute atomic E-state index is 11.3. The smallest absolute Gasteiger partial charge is 0.352 e. The molecule has 1 aliphatic rings. The van der Waals surface area contributed by atoms with Crippen molar-refractivity contribution in [3.05, 3.63) is 66.1 Å². The molecule has 3 aromatic rings. The lowest BCUT2D eigenvalue weighted by Gasteiger charge is -2.23. The SMILES string of the molecule is O=C(O)C1=C[C@@H](c2cccc3ccccc23)n2ncnc2N1. The molecule has 1 aliphatic heterocycles. The Kier molecular flexibility index (Phi) is 2.69. The monoisotopic (exact) mass is 292 g/mol. The first-order valence-electron chi connectivity index (χ1n) is 6.83. The van der Waals surface area contributed by atoms with Crippen molar-refractivity contribution in [1.29, 1.82) is 0 Å². The van der Waals surface area contributed by atoms with Crippen LogP contribution in [0.15, 0.2) is 60.6 Å². The lowest BCUT2D eigenvalue weighted by molar-refractivity contribution is -0.132. The summed E-state index contributed by atoms with van der Waals surface area (Å²) in [7, 11) is 0. The van der Waals surface area contributed by atoms with Gasteiger partial charge in [-0.05, 0) is 22.4 Å². The van der Waals surface area contributed by atoms with Crippen LogP contribution in [0.25, 0.3) is 10.8 Å². The second kappa shape index (κ2) is 4.70. The number of fused-ring (bicyclic) bond motifs is 2. The summed E-state index contributed by atoms with van der Waals surface area (Å²) in [4.78, 5) is 15.4. The van der Waals surface area contributed by atoms with Crippen LogP contribution in [-0.2, 0) is 4.79 Å². The number of carbonyl (C=O) groups is 1. The predicted molar refractivity (Wildman–Crippen MR) is 81.5 cm³/mol. The van der Waals surface area contributed by atoms with Gasteiger partial charge in [0.25, 0.3) is 0 Å². The van der Waals surface area contributed by atoms with Gasteiger partial charge in [-0.3, -0.25) is 0 Å². The maximum atomic E-state index is 11.3. The second-order valence-corrected chi connectivity index (χ2v) is 5.05. The summed E-state index contributed by atoms with van der Waals surface area (Å²) in [6.45, 7) is 0. The number of hydrogen-bond donors (Lipinski definition) is 2. The first-order valence-corrected chi connectivity index (χ1v) is 6.83. The number of allylic oxidation sites excluding steroid dienone is 1. The van der Waals surface area contributed by atoms with E-state index in [1.54, 1.807) is 10.8 Å². The summed E-state index contributed by atoms with van der Waals surface area (Å²) in [6, 6.07) is 13.7. The molecule has 6 nitrogen and oxygen atoms in total. The fourth-order valence-electron chi connectivity index (χ4n) is 2.79. The molecule has 2 N–H and O–H groups in total. The highest BCUT2D eigenvalue weighted by Crippen LogP contribution is 2.32. The molecule has 22 heavy (non-hydrogen) atoms. The lowest BCUT2D eigenvalue weighted by Crippen LogP contribution is -2.24. The fourth-order valence-corrected chi connectivity index (χ4v) is 2.79. The first-order chi connectivity index (χ1) is 10.7. The highest BCUT2D eigenvalue weighted by Gasteiger charge is 2.26. The molecule has 4 rings (SSSR count). The Hall–Kier alpha value is -3.15. The minimum Gasteiger partial charge on any atom is -0.477 e. The van der Waals surface area contributed by atoms with E-state index in [1.165, 1.54) is 6.33 Å². The van der Waals surface area contributed by atoms with Gasteiger partial charge in [-0.25, -0.2) is 9.48 Å². The van der Waals surface area contributed by atoms with Crippen molar-refractivity contribution in [2.75, 3.05) is 5.32 Å². The van der Waals surface area contributed by atoms with Gasteiger partial charge in [-0.2, -0.15) is 10.1 Å². The molecule has 2 heterocycles. The Morgan fingerprint density at radius 2 is 2.00 bits per heavy atom. The van der Waals surface area contributed by atoms with E-state index in [4.69, 9.17) is 0 Å². The zero-order chi connectivity index (χ0) is 15.1. The van der Waals surface area contributed by atoms with Gasteiger partial charge in [-0.15, -0.1) is 0 Å². The lowest BCUT2D eigenvalue weighted by atomic mass is 9.97. The van der Waals surface area contributed by atoms with Crippen LogP contribution < -0.4 is 5.32 Å². The normalized spacial score (nSPS) is 16.7. The van der Waals surface area contributed by atoms with Crippen LogP contribution in [-0.4, -0.2) is 25.8 Å². The van der Waals surface area contributed by atoms with E-state index in [-0.39, 0.29) is 11.7 Å². The van der Waals surface area contributed by atoms with E-state index in [2.05, 4.69) is 15.4 Å². The molecule has 0 saturated heterocycles. The van der Waals surface area contributed by atoms with E-state index < -0.39 is 5.97 Å².